The van der Waals surface area contributed by atoms with E-state index in [0.29, 0.717) is 12.1 Å². The summed E-state index contributed by atoms with van der Waals surface area (Å²) < 4.78 is 2.29. The molecule has 19 heavy (non-hydrogen) atoms. The molecule has 0 spiro atoms. The smallest absolute Gasteiger partial charge is 0.127 e. The summed E-state index contributed by atoms with van der Waals surface area (Å²) in [5.74, 6) is 1.14. The van der Waals surface area contributed by atoms with Crippen molar-refractivity contribution in [3.8, 4) is 0 Å². The summed E-state index contributed by atoms with van der Waals surface area (Å²) in [6, 6.07) is 6.69. The number of aromatic nitrogens is 2. The molecule has 3 nitrogen and oxygen atoms in total. The van der Waals surface area contributed by atoms with Crippen LogP contribution < -0.4 is 5.32 Å². The Kier molecular flexibility index (Phi) is 3.50. The Morgan fingerprint density at radius 1 is 1.37 bits per heavy atom. The Morgan fingerprint density at radius 2 is 2.21 bits per heavy atom. The van der Waals surface area contributed by atoms with Gasteiger partial charge in [0, 0.05) is 6.04 Å². The molecule has 2 aromatic rings. The fourth-order valence-electron chi connectivity index (χ4n) is 2.97. The van der Waals surface area contributed by atoms with Gasteiger partial charge in [0.25, 0.3) is 0 Å². The molecule has 1 N–H and O–H groups in total. The standard InChI is InChI=1S/C15H20ClN3/c1-10(2)19-14-11(16)6-5-8-12(14)18-15(19)13-7-3-4-9-17-13/h5-6,8,10,13,17H,3-4,7,9H2,1-2H3. The molecule has 0 saturated carbocycles. The van der Waals surface area contributed by atoms with Gasteiger partial charge in [-0.05, 0) is 45.4 Å². The molecule has 2 heterocycles. The summed E-state index contributed by atoms with van der Waals surface area (Å²) in [6.07, 6.45) is 3.69. The first-order valence-electron chi connectivity index (χ1n) is 7.08. The van der Waals surface area contributed by atoms with Gasteiger partial charge in [0.1, 0.15) is 5.82 Å². The summed E-state index contributed by atoms with van der Waals surface area (Å²) >= 11 is 6.38. The van der Waals surface area contributed by atoms with Gasteiger partial charge in [-0.15, -0.1) is 0 Å². The minimum atomic E-state index is 0.361. The van der Waals surface area contributed by atoms with Crippen LogP contribution in [0.4, 0.5) is 0 Å². The summed E-state index contributed by atoms with van der Waals surface area (Å²) in [5, 5.41) is 4.38. The van der Waals surface area contributed by atoms with Crippen molar-refractivity contribution in [2.75, 3.05) is 6.54 Å². The molecule has 1 aromatic heterocycles. The first-order valence-corrected chi connectivity index (χ1v) is 7.46. The Bertz CT molecular complexity index is 582. The summed E-state index contributed by atoms with van der Waals surface area (Å²) in [6.45, 7) is 5.47. The number of benzene rings is 1. The van der Waals surface area contributed by atoms with Crippen molar-refractivity contribution in [1.29, 1.82) is 0 Å². The monoisotopic (exact) mass is 277 g/mol. The largest absolute Gasteiger partial charge is 0.323 e. The highest BCUT2D eigenvalue weighted by Gasteiger charge is 2.23. The van der Waals surface area contributed by atoms with Gasteiger partial charge in [-0.3, -0.25) is 0 Å². The van der Waals surface area contributed by atoms with Crippen molar-refractivity contribution >= 4 is 22.6 Å². The van der Waals surface area contributed by atoms with Crippen molar-refractivity contribution in [2.45, 2.75) is 45.2 Å². The number of rotatable bonds is 2. The molecule has 1 saturated heterocycles. The molecule has 0 aliphatic carbocycles. The van der Waals surface area contributed by atoms with Crippen LogP contribution in [0.3, 0.4) is 0 Å². The Morgan fingerprint density at radius 3 is 2.89 bits per heavy atom. The third-order valence-corrected chi connectivity index (χ3v) is 4.13. The zero-order valence-electron chi connectivity index (χ0n) is 11.5. The number of hydrogen-bond donors (Lipinski definition) is 1. The van der Waals surface area contributed by atoms with E-state index in [4.69, 9.17) is 16.6 Å². The van der Waals surface area contributed by atoms with Crippen LogP contribution in [0, 0.1) is 0 Å². The number of fused-ring (bicyclic) bond motifs is 1. The average Bonchev–Trinajstić information content (AvgIpc) is 2.81. The molecule has 4 heteroatoms. The van der Waals surface area contributed by atoms with Crippen LogP contribution in [0.2, 0.25) is 5.02 Å². The number of imidazole rings is 1. The van der Waals surface area contributed by atoms with E-state index in [-0.39, 0.29) is 0 Å². The fourth-order valence-corrected chi connectivity index (χ4v) is 3.23. The maximum absolute atomic E-state index is 6.38. The van der Waals surface area contributed by atoms with Crippen LogP contribution in [0.5, 0.6) is 0 Å². The molecule has 0 amide bonds. The van der Waals surface area contributed by atoms with Crippen LogP contribution in [0.15, 0.2) is 18.2 Å². The van der Waals surface area contributed by atoms with Gasteiger partial charge in [-0.1, -0.05) is 24.1 Å². The van der Waals surface area contributed by atoms with Crippen LogP contribution in [-0.2, 0) is 0 Å². The highest BCUT2D eigenvalue weighted by Crippen LogP contribution is 2.32. The Hall–Kier alpha value is -1.06. The topological polar surface area (TPSA) is 29.9 Å². The predicted octanol–water partition coefficient (Wildman–Crippen LogP) is 4.09. The summed E-state index contributed by atoms with van der Waals surface area (Å²) in [5.41, 5.74) is 2.07. The average molecular weight is 278 g/mol. The second kappa shape index (κ2) is 5.14. The van der Waals surface area contributed by atoms with Gasteiger partial charge >= 0.3 is 0 Å². The normalized spacial score (nSPS) is 20.3. The second-order valence-corrected chi connectivity index (χ2v) is 5.95. The van der Waals surface area contributed by atoms with E-state index in [1.807, 2.05) is 18.2 Å². The van der Waals surface area contributed by atoms with Crippen LogP contribution in [0.25, 0.3) is 11.0 Å². The maximum atomic E-state index is 6.38. The summed E-state index contributed by atoms with van der Waals surface area (Å²) in [4.78, 5) is 4.83. The SMILES string of the molecule is CC(C)n1c(C2CCCCN2)nc2cccc(Cl)c21. The summed E-state index contributed by atoms with van der Waals surface area (Å²) in [7, 11) is 0. The third kappa shape index (κ3) is 2.26. The molecular formula is C15H20ClN3. The molecule has 1 fully saturated rings. The molecule has 1 aliphatic heterocycles. The second-order valence-electron chi connectivity index (χ2n) is 5.54. The lowest BCUT2D eigenvalue weighted by atomic mass is 10.0. The molecule has 0 radical (unpaired) electrons. The molecular weight excluding hydrogens is 258 g/mol. The molecule has 3 rings (SSSR count). The quantitative estimate of drug-likeness (QED) is 0.896. The molecule has 1 atom stereocenters. The first-order chi connectivity index (χ1) is 9.18. The van der Waals surface area contributed by atoms with Gasteiger partial charge in [0.15, 0.2) is 0 Å². The number of hydrogen-bond acceptors (Lipinski definition) is 2. The lowest BCUT2D eigenvalue weighted by molar-refractivity contribution is 0.380. The maximum Gasteiger partial charge on any atom is 0.127 e. The molecule has 1 aliphatic rings. The van der Waals surface area contributed by atoms with E-state index in [1.54, 1.807) is 0 Å². The minimum Gasteiger partial charge on any atom is -0.323 e. The Labute approximate surface area is 119 Å². The van der Waals surface area contributed by atoms with Gasteiger partial charge in [0.2, 0.25) is 0 Å². The minimum absolute atomic E-state index is 0.361. The highest BCUT2D eigenvalue weighted by molar-refractivity contribution is 6.35. The number of halogens is 1. The van der Waals surface area contributed by atoms with Gasteiger partial charge < -0.3 is 9.88 Å². The van der Waals surface area contributed by atoms with Crippen molar-refractivity contribution < 1.29 is 0 Å². The third-order valence-electron chi connectivity index (χ3n) is 3.83. The van der Waals surface area contributed by atoms with Crippen LogP contribution in [0.1, 0.15) is 51.0 Å². The molecule has 102 valence electrons. The van der Waals surface area contributed by atoms with Crippen molar-refractivity contribution in [3.63, 3.8) is 0 Å². The van der Waals surface area contributed by atoms with Gasteiger partial charge in [-0.25, -0.2) is 4.98 Å². The van der Waals surface area contributed by atoms with E-state index in [1.165, 1.54) is 12.8 Å². The van der Waals surface area contributed by atoms with Gasteiger partial charge in [0.05, 0.1) is 22.1 Å². The predicted molar refractivity (Wildman–Crippen MR) is 79.7 cm³/mol. The lowest BCUT2D eigenvalue weighted by Gasteiger charge is -2.25. The molecule has 0 bridgehead atoms. The van der Waals surface area contributed by atoms with E-state index >= 15 is 0 Å². The van der Waals surface area contributed by atoms with E-state index in [2.05, 4.69) is 23.7 Å². The molecule has 1 aromatic carbocycles. The number of piperidine rings is 1. The number of nitrogens with zero attached hydrogens (tertiary/aromatic N) is 2. The van der Waals surface area contributed by atoms with Crippen molar-refractivity contribution in [2.24, 2.45) is 0 Å². The van der Waals surface area contributed by atoms with Crippen molar-refractivity contribution in [1.82, 2.24) is 14.9 Å². The van der Waals surface area contributed by atoms with Crippen LogP contribution in [-0.4, -0.2) is 16.1 Å². The van der Waals surface area contributed by atoms with Crippen molar-refractivity contribution in [3.05, 3.63) is 29.0 Å². The number of para-hydroxylation sites is 1. The number of nitrogens with one attached hydrogen (secondary N) is 1. The van der Waals surface area contributed by atoms with E-state index < -0.39 is 0 Å². The lowest BCUT2D eigenvalue weighted by Crippen LogP contribution is -2.29. The Balaban J connectivity index is 2.17. The zero-order valence-corrected chi connectivity index (χ0v) is 12.2. The van der Waals surface area contributed by atoms with E-state index in [0.717, 1.165) is 34.8 Å². The fraction of sp³-hybridized carbons (Fsp3) is 0.533. The first kappa shape index (κ1) is 12.9. The van der Waals surface area contributed by atoms with Gasteiger partial charge in [-0.2, -0.15) is 0 Å². The zero-order chi connectivity index (χ0) is 13.4. The molecule has 1 unspecified atom stereocenters. The van der Waals surface area contributed by atoms with E-state index in [9.17, 15) is 0 Å². The highest BCUT2D eigenvalue weighted by atomic mass is 35.5. The van der Waals surface area contributed by atoms with Crippen LogP contribution >= 0.6 is 11.6 Å².